The summed E-state index contributed by atoms with van der Waals surface area (Å²) in [5.74, 6) is 0.515. The normalized spacial score (nSPS) is 10.9. The molecule has 0 saturated heterocycles. The van der Waals surface area contributed by atoms with Crippen LogP contribution in [0.25, 0.3) is 11.0 Å². The number of para-hydroxylation sites is 1. The number of hydrogen-bond donors (Lipinski definition) is 2. The number of phenolic OH excluding ortho intramolecular Hbond substituents is 2. The summed E-state index contributed by atoms with van der Waals surface area (Å²) in [4.78, 5) is 0. The second kappa shape index (κ2) is 4.69. The molecule has 1 heterocycles. The van der Waals surface area contributed by atoms with E-state index in [9.17, 15) is 10.2 Å². The molecule has 0 unspecified atom stereocenters. The van der Waals surface area contributed by atoms with Gasteiger partial charge in [0, 0.05) is 11.5 Å². The maximum atomic E-state index is 9.75. The summed E-state index contributed by atoms with van der Waals surface area (Å²) in [7, 11) is 0. The van der Waals surface area contributed by atoms with Gasteiger partial charge in [-0.3, -0.25) is 0 Å². The van der Waals surface area contributed by atoms with Crippen molar-refractivity contribution in [1.82, 2.24) is 0 Å². The highest BCUT2D eigenvalue weighted by atomic mass is 16.3. The maximum Gasteiger partial charge on any atom is 0.137 e. The number of furan rings is 1. The van der Waals surface area contributed by atoms with Gasteiger partial charge in [0.15, 0.2) is 0 Å². The van der Waals surface area contributed by atoms with E-state index >= 15 is 0 Å². The largest absolute Gasteiger partial charge is 0.508 e. The third-order valence-corrected chi connectivity index (χ3v) is 3.30. The van der Waals surface area contributed by atoms with Crippen LogP contribution in [-0.4, -0.2) is 10.2 Å². The van der Waals surface area contributed by atoms with Crippen LogP contribution >= 0.6 is 0 Å². The Bertz CT molecular complexity index is 713. The van der Waals surface area contributed by atoms with Gasteiger partial charge in [0.25, 0.3) is 0 Å². The van der Waals surface area contributed by atoms with Crippen LogP contribution in [0.15, 0.2) is 53.1 Å². The second-order valence-corrected chi connectivity index (χ2v) is 4.57. The number of benzene rings is 2. The van der Waals surface area contributed by atoms with Gasteiger partial charge in [-0.25, -0.2) is 0 Å². The molecule has 0 spiro atoms. The summed E-state index contributed by atoms with van der Waals surface area (Å²) < 4.78 is 5.31. The average molecular weight is 254 g/mol. The Morgan fingerprint density at radius 1 is 0.895 bits per heavy atom. The highest BCUT2D eigenvalue weighted by Crippen LogP contribution is 2.27. The van der Waals surface area contributed by atoms with Crippen LogP contribution in [0.4, 0.5) is 0 Å². The van der Waals surface area contributed by atoms with E-state index in [2.05, 4.69) is 0 Å². The van der Waals surface area contributed by atoms with E-state index in [1.807, 2.05) is 24.3 Å². The Labute approximate surface area is 110 Å². The van der Waals surface area contributed by atoms with E-state index in [1.165, 1.54) is 0 Å². The van der Waals surface area contributed by atoms with E-state index in [4.69, 9.17) is 4.42 Å². The van der Waals surface area contributed by atoms with E-state index in [-0.39, 0.29) is 5.75 Å². The van der Waals surface area contributed by atoms with Gasteiger partial charge in [-0.2, -0.15) is 0 Å². The van der Waals surface area contributed by atoms with Crippen molar-refractivity contribution in [3.63, 3.8) is 0 Å². The molecule has 3 aromatic rings. The van der Waals surface area contributed by atoms with Crippen molar-refractivity contribution in [3.05, 3.63) is 59.9 Å². The number of hydrogen-bond acceptors (Lipinski definition) is 3. The Kier molecular flexibility index (Phi) is 2.88. The summed E-state index contributed by atoms with van der Waals surface area (Å²) in [6, 6.07) is 12.6. The molecule has 96 valence electrons. The van der Waals surface area contributed by atoms with Crippen molar-refractivity contribution in [2.75, 3.05) is 0 Å². The molecule has 19 heavy (non-hydrogen) atoms. The minimum absolute atomic E-state index is 0.203. The monoisotopic (exact) mass is 254 g/mol. The highest BCUT2D eigenvalue weighted by Gasteiger charge is 2.08. The fourth-order valence-electron chi connectivity index (χ4n) is 2.33. The minimum atomic E-state index is 0.203. The lowest BCUT2D eigenvalue weighted by Gasteiger charge is -2.06. The predicted molar refractivity (Wildman–Crippen MR) is 73.4 cm³/mol. The summed E-state index contributed by atoms with van der Waals surface area (Å²) >= 11 is 0. The fourth-order valence-corrected chi connectivity index (χ4v) is 2.33. The van der Waals surface area contributed by atoms with Gasteiger partial charge in [0.05, 0.1) is 6.26 Å². The minimum Gasteiger partial charge on any atom is -0.508 e. The molecule has 3 rings (SSSR count). The van der Waals surface area contributed by atoms with E-state index < -0.39 is 0 Å². The van der Waals surface area contributed by atoms with Crippen molar-refractivity contribution in [1.29, 1.82) is 0 Å². The zero-order chi connectivity index (χ0) is 13.2. The number of rotatable bonds is 3. The molecule has 0 aliphatic heterocycles. The first-order chi connectivity index (χ1) is 9.24. The zero-order valence-electron chi connectivity index (χ0n) is 10.3. The van der Waals surface area contributed by atoms with Gasteiger partial charge >= 0.3 is 0 Å². The van der Waals surface area contributed by atoms with Crippen LogP contribution in [-0.2, 0) is 12.8 Å². The first kappa shape index (κ1) is 11.7. The summed E-state index contributed by atoms with van der Waals surface area (Å²) in [6.45, 7) is 0. The van der Waals surface area contributed by atoms with Crippen LogP contribution in [0.1, 0.15) is 11.1 Å². The Balaban J connectivity index is 1.90. The summed E-state index contributed by atoms with van der Waals surface area (Å²) in [5.41, 5.74) is 2.61. The molecular formula is C16H14O3. The molecule has 3 nitrogen and oxygen atoms in total. The maximum absolute atomic E-state index is 9.75. The van der Waals surface area contributed by atoms with E-state index in [1.54, 1.807) is 24.5 Å². The standard InChI is InChI=1S/C16H14O3/c17-13-9-12(14-7-8-19-16(14)10-13)6-5-11-3-1-2-4-15(11)18/h1-4,7-10,17-18H,5-6H2. The zero-order valence-corrected chi connectivity index (χ0v) is 10.3. The van der Waals surface area contributed by atoms with Gasteiger partial charge in [-0.1, -0.05) is 18.2 Å². The van der Waals surface area contributed by atoms with Crippen molar-refractivity contribution in [3.8, 4) is 11.5 Å². The molecule has 0 radical (unpaired) electrons. The third-order valence-electron chi connectivity index (χ3n) is 3.30. The van der Waals surface area contributed by atoms with Crippen molar-refractivity contribution in [2.24, 2.45) is 0 Å². The molecule has 0 bridgehead atoms. The predicted octanol–water partition coefficient (Wildman–Crippen LogP) is 3.63. The molecule has 2 aromatic carbocycles. The molecule has 0 aliphatic rings. The first-order valence-electron chi connectivity index (χ1n) is 6.20. The Hall–Kier alpha value is -2.42. The van der Waals surface area contributed by atoms with Crippen LogP contribution in [0.3, 0.4) is 0 Å². The van der Waals surface area contributed by atoms with Gasteiger partial charge < -0.3 is 14.6 Å². The first-order valence-corrected chi connectivity index (χ1v) is 6.20. The lowest BCUT2D eigenvalue weighted by atomic mass is 10.0. The lowest BCUT2D eigenvalue weighted by Crippen LogP contribution is -1.92. The molecule has 0 amide bonds. The molecule has 2 N–H and O–H groups in total. The number of phenols is 2. The second-order valence-electron chi connectivity index (χ2n) is 4.57. The average Bonchev–Trinajstić information content (AvgIpc) is 2.85. The molecule has 0 fully saturated rings. The summed E-state index contributed by atoms with van der Waals surface area (Å²) in [6.07, 6.45) is 3.08. The van der Waals surface area contributed by atoms with Crippen LogP contribution in [0.5, 0.6) is 11.5 Å². The molecular weight excluding hydrogens is 240 g/mol. The Morgan fingerprint density at radius 3 is 2.53 bits per heavy atom. The number of fused-ring (bicyclic) bond motifs is 1. The lowest BCUT2D eigenvalue weighted by molar-refractivity contribution is 0.468. The van der Waals surface area contributed by atoms with E-state index in [0.717, 1.165) is 29.4 Å². The van der Waals surface area contributed by atoms with Crippen molar-refractivity contribution in [2.45, 2.75) is 12.8 Å². The van der Waals surface area contributed by atoms with Crippen LogP contribution in [0, 0.1) is 0 Å². The van der Waals surface area contributed by atoms with Crippen LogP contribution in [0.2, 0.25) is 0 Å². The van der Waals surface area contributed by atoms with Gasteiger partial charge in [0.2, 0.25) is 0 Å². The quantitative estimate of drug-likeness (QED) is 0.750. The fraction of sp³-hybridized carbons (Fsp3) is 0.125. The summed E-state index contributed by atoms with van der Waals surface area (Å²) in [5, 5.41) is 20.4. The van der Waals surface area contributed by atoms with Crippen LogP contribution < -0.4 is 0 Å². The topological polar surface area (TPSA) is 53.6 Å². The van der Waals surface area contributed by atoms with Gasteiger partial charge in [-0.15, -0.1) is 0 Å². The van der Waals surface area contributed by atoms with Crippen molar-refractivity contribution < 1.29 is 14.6 Å². The third kappa shape index (κ3) is 2.27. The van der Waals surface area contributed by atoms with Gasteiger partial charge in [0.1, 0.15) is 17.1 Å². The molecule has 0 aliphatic carbocycles. The molecule has 0 atom stereocenters. The molecule has 1 aromatic heterocycles. The molecule has 3 heteroatoms. The molecule has 0 saturated carbocycles. The van der Waals surface area contributed by atoms with Gasteiger partial charge in [-0.05, 0) is 42.2 Å². The number of aromatic hydroxyl groups is 2. The SMILES string of the molecule is Oc1cc(CCc2ccccc2O)c2ccoc2c1. The smallest absolute Gasteiger partial charge is 0.137 e. The highest BCUT2D eigenvalue weighted by molar-refractivity contribution is 5.82. The number of aryl methyl sites for hydroxylation is 2. The van der Waals surface area contributed by atoms with E-state index in [0.29, 0.717) is 11.3 Å². The Morgan fingerprint density at radius 2 is 1.68 bits per heavy atom. The van der Waals surface area contributed by atoms with Crippen molar-refractivity contribution >= 4 is 11.0 Å².